The molecule has 138 valence electrons. The quantitative estimate of drug-likeness (QED) is 0.163. The summed E-state index contributed by atoms with van der Waals surface area (Å²) in [5.41, 5.74) is 0. The molecule has 6 heteroatoms. The van der Waals surface area contributed by atoms with Crippen LogP contribution in [0.4, 0.5) is 0 Å². The van der Waals surface area contributed by atoms with Gasteiger partial charge in [-0.2, -0.15) is 0 Å². The molecule has 0 nitrogen and oxygen atoms in total. The molecule has 24 heavy (non-hydrogen) atoms. The van der Waals surface area contributed by atoms with Crippen molar-refractivity contribution in [2.45, 2.75) is 61.0 Å². The topological polar surface area (TPSA) is 0 Å². The van der Waals surface area contributed by atoms with Crippen molar-refractivity contribution in [3.05, 3.63) is 24.3 Å². The van der Waals surface area contributed by atoms with E-state index in [-0.39, 0.29) is 9.67 Å². The monoisotopic (exact) mass is 446 g/mol. The summed E-state index contributed by atoms with van der Waals surface area (Å²) >= 11 is 23.0. The van der Waals surface area contributed by atoms with Gasteiger partial charge in [0.1, 0.15) is 9.67 Å². The Morgan fingerprint density at radius 2 is 1.04 bits per heavy atom. The summed E-state index contributed by atoms with van der Waals surface area (Å²) in [5.74, 6) is 0. The van der Waals surface area contributed by atoms with Gasteiger partial charge in [0.2, 0.25) is 0 Å². The van der Waals surface area contributed by atoms with E-state index in [2.05, 4.69) is 24.3 Å². The molecule has 1 aromatic carbocycles. The second kappa shape index (κ2) is 15.3. The number of rotatable bonds is 14. The van der Waals surface area contributed by atoms with Crippen LogP contribution in [0.5, 0.6) is 0 Å². The first-order valence-electron chi connectivity index (χ1n) is 8.72. The number of halogens is 4. The Balaban J connectivity index is 2.19. The lowest BCUT2D eigenvalue weighted by atomic mass is 10.2. The van der Waals surface area contributed by atoms with Crippen molar-refractivity contribution in [2.75, 3.05) is 12.3 Å². The Bertz CT molecular complexity index is 388. The Morgan fingerprint density at radius 1 is 0.625 bits per heavy atom. The van der Waals surface area contributed by atoms with Crippen molar-refractivity contribution in [1.29, 1.82) is 0 Å². The van der Waals surface area contributed by atoms with Crippen LogP contribution in [0.3, 0.4) is 0 Å². The molecule has 1 rings (SSSR count). The van der Waals surface area contributed by atoms with Gasteiger partial charge in [0.25, 0.3) is 0 Å². The summed E-state index contributed by atoms with van der Waals surface area (Å²) in [6, 6.07) is 8.95. The van der Waals surface area contributed by atoms with E-state index in [0.717, 1.165) is 42.8 Å². The fourth-order valence-electron chi connectivity index (χ4n) is 2.44. The van der Waals surface area contributed by atoms with Gasteiger partial charge in [0.15, 0.2) is 0 Å². The minimum atomic E-state index is -0.200. The fraction of sp³-hybridized carbons (Fsp3) is 0.667. The zero-order valence-corrected chi connectivity index (χ0v) is 19.1. The molecule has 0 N–H and O–H groups in total. The SMILES string of the molecule is ClC(Cl)CCCCCPc1ccccc1PCCCCCC(Cl)Cl. The molecule has 0 heterocycles. The maximum absolute atomic E-state index is 5.76. The summed E-state index contributed by atoms with van der Waals surface area (Å²) in [5, 5.41) is 3.12. The smallest absolute Gasteiger partial charge is 0.105 e. The lowest BCUT2D eigenvalue weighted by Gasteiger charge is -2.10. The molecule has 0 aliphatic heterocycles. The normalized spacial score (nSPS) is 12.6. The third-order valence-corrected chi connectivity index (χ3v) is 7.72. The zero-order valence-electron chi connectivity index (χ0n) is 14.0. The van der Waals surface area contributed by atoms with Gasteiger partial charge in [-0.25, -0.2) is 0 Å². The molecule has 0 fully saturated rings. The molecule has 0 saturated heterocycles. The van der Waals surface area contributed by atoms with Crippen LogP contribution < -0.4 is 10.6 Å². The maximum atomic E-state index is 5.76. The van der Waals surface area contributed by atoms with Gasteiger partial charge in [-0.15, -0.1) is 46.4 Å². The molecule has 0 radical (unpaired) electrons. The summed E-state index contributed by atoms with van der Waals surface area (Å²) in [6.45, 7) is 0. The van der Waals surface area contributed by atoms with Crippen LogP contribution in [0, 0.1) is 0 Å². The van der Waals surface area contributed by atoms with Crippen LogP contribution in [0.2, 0.25) is 0 Å². The largest absolute Gasteiger partial charge is 0.107 e. The first-order chi connectivity index (χ1) is 11.6. The van der Waals surface area contributed by atoms with Gasteiger partial charge in [-0.05, 0) is 48.6 Å². The molecular formula is C18H28Cl4P2. The van der Waals surface area contributed by atoms with E-state index in [1.54, 1.807) is 10.6 Å². The summed E-state index contributed by atoms with van der Waals surface area (Å²) in [7, 11) is 1.85. The lowest BCUT2D eigenvalue weighted by Crippen LogP contribution is -2.15. The Hall–Kier alpha value is 1.24. The molecule has 0 bridgehead atoms. The van der Waals surface area contributed by atoms with E-state index in [0.29, 0.717) is 0 Å². The van der Waals surface area contributed by atoms with E-state index < -0.39 is 0 Å². The minimum Gasteiger partial charge on any atom is -0.105 e. The molecular weight excluding hydrogens is 420 g/mol. The first kappa shape index (κ1) is 23.3. The average molecular weight is 448 g/mol. The van der Waals surface area contributed by atoms with Crippen molar-refractivity contribution < 1.29 is 0 Å². The molecule has 0 amide bonds. The van der Waals surface area contributed by atoms with E-state index in [4.69, 9.17) is 46.4 Å². The first-order valence-corrected chi connectivity index (χ1v) is 12.9. The van der Waals surface area contributed by atoms with Crippen LogP contribution in [0.15, 0.2) is 24.3 Å². The van der Waals surface area contributed by atoms with Crippen LogP contribution in [0.1, 0.15) is 51.4 Å². The second-order valence-corrected chi connectivity index (χ2v) is 11.2. The lowest BCUT2D eigenvalue weighted by molar-refractivity contribution is 0.696. The highest BCUT2D eigenvalue weighted by atomic mass is 35.5. The highest BCUT2D eigenvalue weighted by Crippen LogP contribution is 2.21. The molecule has 0 aromatic heterocycles. The van der Waals surface area contributed by atoms with Crippen molar-refractivity contribution in [2.24, 2.45) is 0 Å². The minimum absolute atomic E-state index is 0.200. The zero-order chi connectivity index (χ0) is 17.6. The molecule has 2 atom stereocenters. The van der Waals surface area contributed by atoms with Crippen LogP contribution in [-0.4, -0.2) is 22.0 Å². The molecule has 0 aliphatic rings. The number of hydrogen-bond acceptors (Lipinski definition) is 0. The second-order valence-electron chi connectivity index (χ2n) is 5.88. The fourth-order valence-corrected chi connectivity index (χ4v) is 5.95. The predicted molar refractivity (Wildman–Crippen MR) is 120 cm³/mol. The van der Waals surface area contributed by atoms with Gasteiger partial charge >= 0.3 is 0 Å². The summed E-state index contributed by atoms with van der Waals surface area (Å²) < 4.78 is 0. The highest BCUT2D eigenvalue weighted by Gasteiger charge is 2.03. The Labute approximate surface area is 171 Å². The van der Waals surface area contributed by atoms with E-state index in [1.165, 1.54) is 38.0 Å². The van der Waals surface area contributed by atoms with Gasteiger partial charge in [0, 0.05) is 0 Å². The van der Waals surface area contributed by atoms with Crippen LogP contribution in [-0.2, 0) is 0 Å². The molecule has 1 aromatic rings. The standard InChI is InChI=1S/C18H28Cl4P2/c19-17(20)11-3-1-7-13-23-15-9-5-6-10-16(15)24-14-8-2-4-12-18(21)22/h5-6,9-10,17-18,23-24H,1-4,7-8,11-14H2. The van der Waals surface area contributed by atoms with Gasteiger partial charge in [-0.1, -0.05) is 67.1 Å². The van der Waals surface area contributed by atoms with E-state index in [9.17, 15) is 0 Å². The number of benzene rings is 1. The molecule has 0 spiro atoms. The average Bonchev–Trinajstić information content (AvgIpc) is 2.54. The number of unbranched alkanes of at least 4 members (excludes halogenated alkanes) is 4. The third-order valence-electron chi connectivity index (χ3n) is 3.76. The number of alkyl halides is 4. The molecule has 0 aliphatic carbocycles. The van der Waals surface area contributed by atoms with Crippen molar-refractivity contribution >= 4 is 74.2 Å². The summed E-state index contributed by atoms with van der Waals surface area (Å²) in [6.07, 6.45) is 11.7. The molecule has 0 saturated carbocycles. The van der Waals surface area contributed by atoms with Gasteiger partial charge in [0.05, 0.1) is 0 Å². The Kier molecular flexibility index (Phi) is 14.9. The Morgan fingerprint density at radius 3 is 1.42 bits per heavy atom. The highest BCUT2D eigenvalue weighted by molar-refractivity contribution is 7.54. The van der Waals surface area contributed by atoms with Crippen molar-refractivity contribution in [3.8, 4) is 0 Å². The number of hydrogen-bond donors (Lipinski definition) is 0. The van der Waals surface area contributed by atoms with Crippen LogP contribution in [0.25, 0.3) is 0 Å². The maximum Gasteiger partial charge on any atom is 0.107 e. The van der Waals surface area contributed by atoms with Gasteiger partial charge in [-0.3, -0.25) is 0 Å². The third kappa shape index (κ3) is 12.6. The predicted octanol–water partition coefficient (Wildman–Crippen LogP) is 7.02. The van der Waals surface area contributed by atoms with Crippen molar-refractivity contribution in [1.82, 2.24) is 0 Å². The van der Waals surface area contributed by atoms with Gasteiger partial charge < -0.3 is 0 Å². The van der Waals surface area contributed by atoms with Crippen LogP contribution >= 0.6 is 63.6 Å². The van der Waals surface area contributed by atoms with E-state index in [1.807, 2.05) is 0 Å². The summed E-state index contributed by atoms with van der Waals surface area (Å²) in [4.78, 5) is -0.400. The molecule has 2 unspecified atom stereocenters. The van der Waals surface area contributed by atoms with E-state index >= 15 is 0 Å². The van der Waals surface area contributed by atoms with Crippen molar-refractivity contribution in [3.63, 3.8) is 0 Å².